The smallest absolute Gasteiger partial charge is 0.301 e. The Labute approximate surface area is 179 Å². The Morgan fingerprint density at radius 1 is 1.13 bits per heavy atom. The van der Waals surface area contributed by atoms with Gasteiger partial charge in [-0.2, -0.15) is 0 Å². The standard InChI is InChI=1S/C24H22N2O5/c1-3-13-30-18-11-9-17(10-12-18)22(27)20-21(16-7-5-4-6-8-16)26(24(29)23(20)28)19-14-15(2)31-25-19/h4-12,14,21,27H,3,13H2,1-2H3/t21-/m0/s1. The van der Waals surface area contributed by atoms with Crippen LogP contribution in [0.3, 0.4) is 0 Å². The fourth-order valence-electron chi connectivity index (χ4n) is 3.57. The summed E-state index contributed by atoms with van der Waals surface area (Å²) in [4.78, 5) is 27.2. The van der Waals surface area contributed by atoms with Crippen molar-refractivity contribution in [3.8, 4) is 5.75 Å². The van der Waals surface area contributed by atoms with E-state index in [9.17, 15) is 14.7 Å². The maximum absolute atomic E-state index is 13.0. The fourth-order valence-corrected chi connectivity index (χ4v) is 3.57. The van der Waals surface area contributed by atoms with E-state index in [1.165, 1.54) is 4.90 Å². The molecule has 1 aromatic heterocycles. The molecule has 3 aromatic rings. The van der Waals surface area contributed by atoms with Gasteiger partial charge in [0.05, 0.1) is 18.2 Å². The second-order valence-electron chi connectivity index (χ2n) is 7.25. The lowest BCUT2D eigenvalue weighted by Crippen LogP contribution is -2.29. The number of hydrogen-bond donors (Lipinski definition) is 1. The summed E-state index contributed by atoms with van der Waals surface area (Å²) in [6, 6.07) is 16.6. The minimum absolute atomic E-state index is 0.000852. The molecule has 0 bridgehead atoms. The van der Waals surface area contributed by atoms with E-state index in [0.29, 0.717) is 29.2 Å². The number of rotatable bonds is 6. The summed E-state index contributed by atoms with van der Waals surface area (Å²) in [5.41, 5.74) is 1.09. The largest absolute Gasteiger partial charge is 0.507 e. The number of amides is 1. The van der Waals surface area contributed by atoms with Crippen molar-refractivity contribution in [3.05, 3.63) is 83.1 Å². The van der Waals surface area contributed by atoms with Gasteiger partial charge in [0.1, 0.15) is 17.3 Å². The molecule has 0 unspecified atom stereocenters. The molecule has 7 heteroatoms. The van der Waals surface area contributed by atoms with Crippen molar-refractivity contribution in [3.63, 3.8) is 0 Å². The first kappa shape index (κ1) is 20.4. The molecule has 1 amide bonds. The van der Waals surface area contributed by atoms with Crippen LogP contribution >= 0.6 is 0 Å². The summed E-state index contributed by atoms with van der Waals surface area (Å²) in [6.07, 6.45) is 0.879. The quantitative estimate of drug-likeness (QED) is 0.362. The zero-order chi connectivity index (χ0) is 22.0. The van der Waals surface area contributed by atoms with Gasteiger partial charge in [-0.3, -0.25) is 14.5 Å². The van der Waals surface area contributed by atoms with E-state index in [0.717, 1.165) is 6.42 Å². The first-order valence-corrected chi connectivity index (χ1v) is 10.0. The molecular formula is C24H22N2O5. The van der Waals surface area contributed by atoms with Crippen LogP contribution in [0.25, 0.3) is 5.76 Å². The molecule has 1 saturated heterocycles. The summed E-state index contributed by atoms with van der Waals surface area (Å²) in [6.45, 7) is 4.30. The Bertz CT molecular complexity index is 1130. The fraction of sp³-hybridized carbons (Fsp3) is 0.208. The highest BCUT2D eigenvalue weighted by atomic mass is 16.5. The number of nitrogens with zero attached hydrogens (tertiary/aromatic N) is 2. The lowest BCUT2D eigenvalue weighted by Gasteiger charge is -2.22. The Morgan fingerprint density at radius 2 is 1.84 bits per heavy atom. The van der Waals surface area contributed by atoms with E-state index in [1.54, 1.807) is 49.4 Å². The Morgan fingerprint density at radius 3 is 2.45 bits per heavy atom. The number of aryl methyl sites for hydroxylation is 1. The highest BCUT2D eigenvalue weighted by Gasteiger charge is 2.48. The lowest BCUT2D eigenvalue weighted by molar-refractivity contribution is -0.132. The molecular weight excluding hydrogens is 396 g/mol. The molecule has 1 fully saturated rings. The molecule has 2 heterocycles. The second-order valence-corrected chi connectivity index (χ2v) is 7.25. The zero-order valence-electron chi connectivity index (χ0n) is 17.2. The van der Waals surface area contributed by atoms with E-state index in [4.69, 9.17) is 9.26 Å². The van der Waals surface area contributed by atoms with Gasteiger partial charge in [0.2, 0.25) is 0 Å². The maximum atomic E-state index is 13.0. The number of ether oxygens (including phenoxy) is 1. The molecule has 0 saturated carbocycles. The first-order chi connectivity index (χ1) is 15.0. The number of benzene rings is 2. The topological polar surface area (TPSA) is 92.9 Å². The maximum Gasteiger partial charge on any atom is 0.301 e. The highest BCUT2D eigenvalue weighted by Crippen LogP contribution is 2.41. The van der Waals surface area contributed by atoms with Crippen LogP contribution in [-0.4, -0.2) is 28.6 Å². The van der Waals surface area contributed by atoms with Crippen LogP contribution in [0.15, 0.2) is 70.8 Å². The van der Waals surface area contributed by atoms with E-state index >= 15 is 0 Å². The van der Waals surface area contributed by atoms with Gasteiger partial charge in [0.15, 0.2) is 5.82 Å². The molecule has 0 spiro atoms. The van der Waals surface area contributed by atoms with Crippen molar-refractivity contribution >= 4 is 23.3 Å². The monoisotopic (exact) mass is 418 g/mol. The number of anilines is 1. The van der Waals surface area contributed by atoms with Crippen LogP contribution in [0.4, 0.5) is 5.82 Å². The highest BCUT2D eigenvalue weighted by molar-refractivity contribution is 6.51. The molecule has 2 aromatic carbocycles. The van der Waals surface area contributed by atoms with E-state index in [2.05, 4.69) is 5.16 Å². The van der Waals surface area contributed by atoms with Crippen molar-refractivity contribution in [1.29, 1.82) is 0 Å². The average Bonchev–Trinajstić information content (AvgIpc) is 3.33. The summed E-state index contributed by atoms with van der Waals surface area (Å²) in [7, 11) is 0. The SMILES string of the molecule is CCCOc1ccc(C(O)=C2C(=O)C(=O)N(c3cc(C)on3)[C@H]2c2ccccc2)cc1. The van der Waals surface area contributed by atoms with Crippen LogP contribution in [0, 0.1) is 6.92 Å². The van der Waals surface area contributed by atoms with Gasteiger partial charge in [-0.25, -0.2) is 0 Å². The number of hydrogen-bond acceptors (Lipinski definition) is 6. The van der Waals surface area contributed by atoms with Crippen molar-refractivity contribution < 1.29 is 24.0 Å². The molecule has 0 radical (unpaired) electrons. The molecule has 0 aliphatic carbocycles. The van der Waals surface area contributed by atoms with Crippen molar-refractivity contribution in [2.24, 2.45) is 0 Å². The van der Waals surface area contributed by atoms with Gasteiger partial charge < -0.3 is 14.4 Å². The Kier molecular flexibility index (Phi) is 5.58. The normalized spacial score (nSPS) is 17.9. The number of ketones is 1. The third kappa shape index (κ3) is 3.82. The van der Waals surface area contributed by atoms with Gasteiger partial charge >= 0.3 is 5.91 Å². The molecule has 4 rings (SSSR count). The van der Waals surface area contributed by atoms with Gasteiger partial charge in [-0.15, -0.1) is 0 Å². The molecule has 1 atom stereocenters. The Balaban J connectivity index is 1.82. The summed E-state index contributed by atoms with van der Waals surface area (Å²) < 4.78 is 10.7. The van der Waals surface area contributed by atoms with Crippen LogP contribution in [-0.2, 0) is 9.59 Å². The summed E-state index contributed by atoms with van der Waals surface area (Å²) in [5.74, 6) is -0.416. The summed E-state index contributed by atoms with van der Waals surface area (Å²) >= 11 is 0. The van der Waals surface area contributed by atoms with Crippen LogP contribution in [0.5, 0.6) is 5.75 Å². The lowest BCUT2D eigenvalue weighted by atomic mass is 9.95. The molecule has 31 heavy (non-hydrogen) atoms. The third-order valence-corrected chi connectivity index (χ3v) is 5.02. The van der Waals surface area contributed by atoms with Crippen molar-refractivity contribution in [2.75, 3.05) is 11.5 Å². The number of aliphatic hydroxyl groups excluding tert-OH is 1. The number of carbonyl (C=O) groups is 2. The van der Waals surface area contributed by atoms with E-state index in [1.807, 2.05) is 25.1 Å². The zero-order valence-corrected chi connectivity index (χ0v) is 17.2. The number of carbonyl (C=O) groups excluding carboxylic acids is 2. The van der Waals surface area contributed by atoms with Crippen LogP contribution in [0.1, 0.15) is 36.3 Å². The Hall–Kier alpha value is -3.87. The molecule has 7 nitrogen and oxygen atoms in total. The average molecular weight is 418 g/mol. The predicted molar refractivity (Wildman–Crippen MR) is 115 cm³/mol. The molecule has 1 aliphatic heterocycles. The predicted octanol–water partition coefficient (Wildman–Crippen LogP) is 4.40. The van der Waals surface area contributed by atoms with Gasteiger partial charge in [0, 0.05) is 11.6 Å². The van der Waals surface area contributed by atoms with Crippen molar-refractivity contribution in [2.45, 2.75) is 26.3 Å². The van der Waals surface area contributed by atoms with Crippen LogP contribution < -0.4 is 9.64 Å². The number of Topliss-reactive ketones (excluding diaryl/α,β-unsaturated/α-hetero) is 1. The first-order valence-electron chi connectivity index (χ1n) is 10.0. The van der Waals surface area contributed by atoms with Gasteiger partial charge in [-0.05, 0) is 43.2 Å². The van der Waals surface area contributed by atoms with E-state index in [-0.39, 0.29) is 17.2 Å². The number of aliphatic hydroxyl groups is 1. The second kappa shape index (κ2) is 8.47. The van der Waals surface area contributed by atoms with E-state index < -0.39 is 17.7 Å². The number of aromatic nitrogens is 1. The molecule has 1 N–H and O–H groups in total. The van der Waals surface area contributed by atoms with Crippen LogP contribution in [0.2, 0.25) is 0 Å². The summed E-state index contributed by atoms with van der Waals surface area (Å²) in [5, 5.41) is 15.0. The third-order valence-electron chi connectivity index (χ3n) is 5.02. The minimum Gasteiger partial charge on any atom is -0.507 e. The minimum atomic E-state index is -0.832. The van der Waals surface area contributed by atoms with Gasteiger partial charge in [0.25, 0.3) is 5.78 Å². The molecule has 1 aliphatic rings. The molecule has 158 valence electrons. The van der Waals surface area contributed by atoms with Crippen molar-refractivity contribution in [1.82, 2.24) is 5.16 Å². The van der Waals surface area contributed by atoms with Gasteiger partial charge in [-0.1, -0.05) is 42.4 Å².